The molecule has 2 nitrogen and oxygen atoms in total. The molecule has 0 amide bonds. The van der Waals surface area contributed by atoms with Crippen LogP contribution in [-0.2, 0) is 4.79 Å². The van der Waals surface area contributed by atoms with E-state index in [0.29, 0.717) is 11.8 Å². The summed E-state index contributed by atoms with van der Waals surface area (Å²) in [7, 11) is 0. The summed E-state index contributed by atoms with van der Waals surface area (Å²) in [4.78, 5) is 11.4. The van der Waals surface area contributed by atoms with Gasteiger partial charge in [0.1, 0.15) is 0 Å². The van der Waals surface area contributed by atoms with Crippen LogP contribution in [0.2, 0.25) is 0 Å². The van der Waals surface area contributed by atoms with Crippen LogP contribution in [0.1, 0.15) is 85.5 Å². The molecule has 2 heteroatoms. The smallest absolute Gasteiger partial charge is 0.306 e. The highest BCUT2D eigenvalue weighted by Gasteiger charge is 2.22. The molecule has 0 aromatic rings. The fourth-order valence-corrected chi connectivity index (χ4v) is 2.75. The van der Waals surface area contributed by atoms with Crippen molar-refractivity contribution >= 4 is 5.97 Å². The molecule has 0 rings (SSSR count). The molecule has 0 radical (unpaired) electrons. The lowest BCUT2D eigenvalue weighted by molar-refractivity contribution is -0.142. The Hall–Kier alpha value is -0.530. The Labute approximate surface area is 120 Å². The molecule has 1 N–H and O–H groups in total. The second-order valence-corrected chi connectivity index (χ2v) is 6.39. The van der Waals surface area contributed by atoms with Crippen molar-refractivity contribution in [3.63, 3.8) is 0 Å². The summed E-state index contributed by atoms with van der Waals surface area (Å²) in [6.45, 7) is 8.77. The Morgan fingerprint density at radius 3 is 2.11 bits per heavy atom. The fraction of sp³-hybridized carbons (Fsp3) is 0.941. The standard InChI is InChI=1S/C17H34O2/c1-5-7-8-10-15(9-6-2)13-16(17(18)19)12-11-14(3)4/h14-16H,5-13H2,1-4H3,(H,18,19). The number of carbonyl (C=O) groups is 1. The quantitative estimate of drug-likeness (QED) is 0.475. The van der Waals surface area contributed by atoms with Crippen molar-refractivity contribution in [1.29, 1.82) is 0 Å². The molecule has 0 aliphatic rings. The van der Waals surface area contributed by atoms with Crippen molar-refractivity contribution in [2.24, 2.45) is 17.8 Å². The maximum atomic E-state index is 11.4. The van der Waals surface area contributed by atoms with Crippen molar-refractivity contribution < 1.29 is 9.90 Å². The Bertz CT molecular complexity index is 223. The number of carboxylic acids is 1. The van der Waals surface area contributed by atoms with Crippen molar-refractivity contribution in [3.8, 4) is 0 Å². The molecule has 0 spiro atoms. The maximum Gasteiger partial charge on any atom is 0.306 e. The highest BCUT2D eigenvalue weighted by Crippen LogP contribution is 2.27. The first kappa shape index (κ1) is 18.5. The molecule has 0 heterocycles. The molecule has 0 aliphatic carbocycles. The van der Waals surface area contributed by atoms with Gasteiger partial charge in [-0.25, -0.2) is 0 Å². The zero-order valence-electron chi connectivity index (χ0n) is 13.5. The van der Waals surface area contributed by atoms with Gasteiger partial charge in [0.15, 0.2) is 0 Å². The van der Waals surface area contributed by atoms with Gasteiger partial charge in [0, 0.05) is 0 Å². The van der Waals surface area contributed by atoms with Crippen molar-refractivity contribution in [2.45, 2.75) is 85.5 Å². The van der Waals surface area contributed by atoms with Gasteiger partial charge in [0.25, 0.3) is 0 Å². The van der Waals surface area contributed by atoms with Crippen LogP contribution in [0, 0.1) is 17.8 Å². The predicted molar refractivity (Wildman–Crippen MR) is 82.4 cm³/mol. The van der Waals surface area contributed by atoms with Crippen LogP contribution in [-0.4, -0.2) is 11.1 Å². The van der Waals surface area contributed by atoms with Crippen molar-refractivity contribution in [2.75, 3.05) is 0 Å². The minimum absolute atomic E-state index is 0.124. The third kappa shape index (κ3) is 9.98. The normalized spacial score (nSPS) is 14.6. The van der Waals surface area contributed by atoms with E-state index in [1.165, 1.54) is 38.5 Å². The Kier molecular flexibility index (Phi) is 11.0. The van der Waals surface area contributed by atoms with E-state index in [9.17, 15) is 9.90 Å². The fourth-order valence-electron chi connectivity index (χ4n) is 2.75. The lowest BCUT2D eigenvalue weighted by atomic mass is 9.84. The van der Waals surface area contributed by atoms with E-state index in [0.717, 1.165) is 19.3 Å². The molecule has 0 aromatic carbocycles. The second-order valence-electron chi connectivity index (χ2n) is 6.39. The average Bonchev–Trinajstić information content (AvgIpc) is 2.33. The lowest BCUT2D eigenvalue weighted by Gasteiger charge is -2.21. The monoisotopic (exact) mass is 270 g/mol. The Morgan fingerprint density at radius 1 is 0.947 bits per heavy atom. The number of carboxylic acid groups (broad SMARTS) is 1. The number of rotatable bonds is 12. The van der Waals surface area contributed by atoms with Crippen LogP contribution in [0.25, 0.3) is 0 Å². The topological polar surface area (TPSA) is 37.3 Å². The van der Waals surface area contributed by atoms with Crippen LogP contribution in [0.5, 0.6) is 0 Å². The number of hydrogen-bond acceptors (Lipinski definition) is 1. The van der Waals surface area contributed by atoms with Gasteiger partial charge in [0.2, 0.25) is 0 Å². The van der Waals surface area contributed by atoms with Crippen molar-refractivity contribution in [1.82, 2.24) is 0 Å². The molecule has 2 atom stereocenters. The lowest BCUT2D eigenvalue weighted by Crippen LogP contribution is -2.19. The van der Waals surface area contributed by atoms with E-state index in [1.807, 2.05) is 0 Å². The third-order valence-corrected chi connectivity index (χ3v) is 3.97. The molecule has 114 valence electrons. The molecule has 0 saturated carbocycles. The van der Waals surface area contributed by atoms with E-state index in [-0.39, 0.29) is 5.92 Å². The predicted octanol–water partition coefficient (Wildman–Crippen LogP) is 5.51. The summed E-state index contributed by atoms with van der Waals surface area (Å²) in [6.07, 6.45) is 10.1. The summed E-state index contributed by atoms with van der Waals surface area (Å²) in [6, 6.07) is 0. The largest absolute Gasteiger partial charge is 0.481 e. The minimum Gasteiger partial charge on any atom is -0.481 e. The van der Waals surface area contributed by atoms with Crippen LogP contribution in [0.3, 0.4) is 0 Å². The summed E-state index contributed by atoms with van der Waals surface area (Å²) < 4.78 is 0. The van der Waals surface area contributed by atoms with Gasteiger partial charge in [-0.2, -0.15) is 0 Å². The average molecular weight is 270 g/mol. The van der Waals surface area contributed by atoms with E-state index in [4.69, 9.17) is 0 Å². The molecular formula is C17H34O2. The van der Waals surface area contributed by atoms with Gasteiger partial charge in [-0.05, 0) is 24.7 Å². The van der Waals surface area contributed by atoms with E-state index in [1.54, 1.807) is 0 Å². The highest BCUT2D eigenvalue weighted by atomic mass is 16.4. The number of unbranched alkanes of at least 4 members (excludes halogenated alkanes) is 2. The second kappa shape index (κ2) is 11.3. The third-order valence-electron chi connectivity index (χ3n) is 3.97. The van der Waals surface area contributed by atoms with Crippen LogP contribution >= 0.6 is 0 Å². The van der Waals surface area contributed by atoms with Gasteiger partial charge in [-0.3, -0.25) is 4.79 Å². The maximum absolute atomic E-state index is 11.4. The molecule has 19 heavy (non-hydrogen) atoms. The van der Waals surface area contributed by atoms with Crippen LogP contribution in [0.4, 0.5) is 0 Å². The van der Waals surface area contributed by atoms with Gasteiger partial charge in [-0.15, -0.1) is 0 Å². The SMILES string of the molecule is CCCCCC(CCC)CC(CCC(C)C)C(=O)O. The van der Waals surface area contributed by atoms with Crippen molar-refractivity contribution in [3.05, 3.63) is 0 Å². The van der Waals surface area contributed by atoms with Crippen LogP contribution in [0.15, 0.2) is 0 Å². The molecular weight excluding hydrogens is 236 g/mol. The van der Waals surface area contributed by atoms with Gasteiger partial charge < -0.3 is 5.11 Å². The summed E-state index contributed by atoms with van der Waals surface area (Å²) >= 11 is 0. The summed E-state index contributed by atoms with van der Waals surface area (Å²) in [5.41, 5.74) is 0. The van der Waals surface area contributed by atoms with Gasteiger partial charge in [-0.1, -0.05) is 72.6 Å². The minimum atomic E-state index is -0.586. The van der Waals surface area contributed by atoms with Gasteiger partial charge in [0.05, 0.1) is 5.92 Å². The number of hydrogen-bond donors (Lipinski definition) is 1. The molecule has 2 unspecified atom stereocenters. The Balaban J connectivity index is 4.25. The van der Waals surface area contributed by atoms with E-state index in [2.05, 4.69) is 27.7 Å². The molecule has 0 fully saturated rings. The molecule has 0 bridgehead atoms. The Morgan fingerprint density at radius 2 is 1.63 bits per heavy atom. The summed E-state index contributed by atoms with van der Waals surface area (Å²) in [5.74, 6) is 0.509. The number of aliphatic carboxylic acids is 1. The molecule has 0 aromatic heterocycles. The zero-order chi connectivity index (χ0) is 14.7. The van der Waals surface area contributed by atoms with E-state index < -0.39 is 5.97 Å². The van der Waals surface area contributed by atoms with E-state index >= 15 is 0 Å². The highest BCUT2D eigenvalue weighted by molar-refractivity contribution is 5.69. The first-order valence-electron chi connectivity index (χ1n) is 8.23. The first-order valence-corrected chi connectivity index (χ1v) is 8.23. The molecule has 0 aliphatic heterocycles. The zero-order valence-corrected chi connectivity index (χ0v) is 13.5. The first-order chi connectivity index (χ1) is 9.01. The summed E-state index contributed by atoms with van der Waals surface area (Å²) in [5, 5.41) is 9.37. The van der Waals surface area contributed by atoms with Crippen LogP contribution < -0.4 is 0 Å². The molecule has 0 saturated heterocycles. The van der Waals surface area contributed by atoms with Gasteiger partial charge >= 0.3 is 5.97 Å².